The number of ether oxygens (including phenoxy) is 2. The highest BCUT2D eigenvalue weighted by Gasteiger charge is 2.33. The van der Waals surface area contributed by atoms with Crippen LogP contribution in [-0.2, 0) is 9.47 Å². The zero-order valence-electron chi connectivity index (χ0n) is 27.1. The van der Waals surface area contributed by atoms with E-state index in [1.165, 1.54) is 62.5 Å². The highest BCUT2D eigenvalue weighted by atomic mass is 16.6. The maximum atomic E-state index is 13.7. The van der Waals surface area contributed by atoms with E-state index in [9.17, 15) is 9.59 Å². The van der Waals surface area contributed by atoms with Crippen LogP contribution in [0.5, 0.6) is 0 Å². The van der Waals surface area contributed by atoms with Crippen molar-refractivity contribution in [1.82, 2.24) is 0 Å². The van der Waals surface area contributed by atoms with Gasteiger partial charge in [0.15, 0.2) is 12.2 Å². The molecule has 4 aromatic rings. The van der Waals surface area contributed by atoms with Crippen LogP contribution >= 0.6 is 0 Å². The van der Waals surface area contributed by atoms with Crippen LogP contribution < -0.4 is 0 Å². The molecule has 6 rings (SSSR count). The molecule has 0 N–H and O–H groups in total. The summed E-state index contributed by atoms with van der Waals surface area (Å²) in [5, 5.41) is 0. The molecule has 0 radical (unpaired) electrons. The monoisotopic (exact) mass is 614 g/mol. The standard InChI is InChI=1S/C42H46O4/c1-29-13-17-31(18-14-29)33-21-25-37(26-22-33)41(43)45-39(35-9-5-3-6-10-35)40(36-11-7-4-8-12-36)46-42(44)38-27-23-34(24-28-38)32-19-15-30(2)16-20-32/h3-12,21-32,39-40H,13-20H2,1-2H3/t29?,30?,31?,32?,39-,40-/m1/s1. The molecule has 0 unspecified atom stereocenters. The van der Waals surface area contributed by atoms with E-state index in [1.54, 1.807) is 0 Å². The summed E-state index contributed by atoms with van der Waals surface area (Å²) in [5.74, 6) is 1.77. The highest BCUT2D eigenvalue weighted by Crippen LogP contribution is 2.39. The predicted octanol–water partition coefficient (Wildman–Crippen LogP) is 10.8. The van der Waals surface area contributed by atoms with Crippen molar-refractivity contribution in [3.05, 3.63) is 143 Å². The molecule has 2 saturated carbocycles. The second-order valence-electron chi connectivity index (χ2n) is 13.6. The first-order valence-electron chi connectivity index (χ1n) is 17.2. The molecule has 0 amide bonds. The van der Waals surface area contributed by atoms with Crippen molar-refractivity contribution in [3.8, 4) is 0 Å². The molecular weight excluding hydrogens is 568 g/mol. The van der Waals surface area contributed by atoms with Crippen molar-refractivity contribution in [1.29, 1.82) is 0 Å². The zero-order valence-corrected chi connectivity index (χ0v) is 27.1. The minimum Gasteiger partial charge on any atom is -0.450 e. The molecule has 0 aliphatic heterocycles. The Hall–Kier alpha value is -4.18. The lowest BCUT2D eigenvalue weighted by Crippen LogP contribution is -2.23. The van der Waals surface area contributed by atoms with Gasteiger partial charge in [0.2, 0.25) is 0 Å². The second-order valence-corrected chi connectivity index (χ2v) is 13.6. The van der Waals surface area contributed by atoms with Crippen LogP contribution in [0.4, 0.5) is 0 Å². The molecule has 238 valence electrons. The number of hydrogen-bond acceptors (Lipinski definition) is 4. The topological polar surface area (TPSA) is 52.6 Å². The Kier molecular flexibility index (Phi) is 10.3. The van der Waals surface area contributed by atoms with Gasteiger partial charge in [0, 0.05) is 0 Å². The lowest BCUT2D eigenvalue weighted by Gasteiger charge is -2.28. The van der Waals surface area contributed by atoms with E-state index in [-0.39, 0.29) is 0 Å². The van der Waals surface area contributed by atoms with Gasteiger partial charge in [-0.05, 0) is 95.9 Å². The molecule has 4 heteroatoms. The Morgan fingerprint density at radius 3 is 1.13 bits per heavy atom. The van der Waals surface area contributed by atoms with Crippen molar-refractivity contribution in [2.75, 3.05) is 0 Å². The summed E-state index contributed by atoms with van der Waals surface area (Å²) < 4.78 is 12.5. The summed E-state index contributed by atoms with van der Waals surface area (Å²) in [6, 6.07) is 34.9. The summed E-state index contributed by atoms with van der Waals surface area (Å²) in [5.41, 5.74) is 5.05. The number of carbonyl (C=O) groups is 2. The lowest BCUT2D eigenvalue weighted by molar-refractivity contribution is -0.0388. The third-order valence-electron chi connectivity index (χ3n) is 10.3. The van der Waals surface area contributed by atoms with Gasteiger partial charge in [-0.15, -0.1) is 0 Å². The fourth-order valence-electron chi connectivity index (χ4n) is 7.23. The van der Waals surface area contributed by atoms with Gasteiger partial charge in [0.1, 0.15) is 0 Å². The van der Waals surface area contributed by atoms with E-state index >= 15 is 0 Å². The van der Waals surface area contributed by atoms with Crippen LogP contribution in [0.3, 0.4) is 0 Å². The van der Waals surface area contributed by atoms with Crippen molar-refractivity contribution < 1.29 is 19.1 Å². The van der Waals surface area contributed by atoms with E-state index in [1.807, 2.05) is 84.9 Å². The summed E-state index contributed by atoms with van der Waals surface area (Å²) >= 11 is 0. The van der Waals surface area contributed by atoms with E-state index < -0.39 is 24.1 Å². The first kappa shape index (κ1) is 31.8. The third-order valence-corrected chi connectivity index (χ3v) is 10.3. The number of rotatable bonds is 9. The summed E-state index contributed by atoms with van der Waals surface area (Å²) in [6.07, 6.45) is 8.05. The van der Waals surface area contributed by atoms with Crippen LogP contribution in [0.1, 0.15) is 132 Å². The minimum atomic E-state index is -0.844. The number of esters is 2. The molecule has 4 aromatic carbocycles. The summed E-state index contributed by atoms with van der Waals surface area (Å²) in [6.45, 7) is 4.65. The van der Waals surface area contributed by atoms with Gasteiger partial charge in [-0.3, -0.25) is 0 Å². The lowest BCUT2D eigenvalue weighted by atomic mass is 9.79. The third kappa shape index (κ3) is 7.78. The first-order valence-corrected chi connectivity index (χ1v) is 17.2. The van der Waals surface area contributed by atoms with E-state index in [0.717, 1.165) is 23.0 Å². The largest absolute Gasteiger partial charge is 0.450 e. The van der Waals surface area contributed by atoms with Crippen LogP contribution in [0.2, 0.25) is 0 Å². The van der Waals surface area contributed by atoms with Crippen LogP contribution in [0, 0.1) is 11.8 Å². The number of benzene rings is 4. The molecule has 4 nitrogen and oxygen atoms in total. The fourth-order valence-corrected chi connectivity index (χ4v) is 7.23. The van der Waals surface area contributed by atoms with Gasteiger partial charge in [-0.1, -0.05) is 124 Å². The molecule has 2 atom stereocenters. The molecule has 46 heavy (non-hydrogen) atoms. The van der Waals surface area contributed by atoms with Gasteiger partial charge in [-0.25, -0.2) is 9.59 Å². The van der Waals surface area contributed by atoms with Crippen molar-refractivity contribution in [3.63, 3.8) is 0 Å². The Balaban J connectivity index is 1.23. The number of carbonyl (C=O) groups excluding carboxylic acids is 2. The normalized spacial score (nSPS) is 22.7. The van der Waals surface area contributed by atoms with Crippen molar-refractivity contribution >= 4 is 11.9 Å². The molecular formula is C42H46O4. The highest BCUT2D eigenvalue weighted by molar-refractivity contribution is 5.90. The van der Waals surface area contributed by atoms with Crippen LogP contribution in [-0.4, -0.2) is 11.9 Å². The molecule has 2 aliphatic rings. The smallest absolute Gasteiger partial charge is 0.338 e. The quantitative estimate of drug-likeness (QED) is 0.176. The Bertz CT molecular complexity index is 1430. The molecule has 2 fully saturated rings. The second kappa shape index (κ2) is 14.9. The fraction of sp³-hybridized carbons (Fsp3) is 0.381. The molecule has 0 aromatic heterocycles. The van der Waals surface area contributed by atoms with Crippen molar-refractivity contribution in [2.24, 2.45) is 11.8 Å². The zero-order chi connectivity index (χ0) is 31.9. The summed E-state index contributed by atoms with van der Waals surface area (Å²) in [7, 11) is 0. The van der Waals surface area contributed by atoms with Gasteiger partial charge in [0.05, 0.1) is 11.1 Å². The van der Waals surface area contributed by atoms with Crippen LogP contribution in [0.25, 0.3) is 0 Å². The molecule has 0 saturated heterocycles. The van der Waals surface area contributed by atoms with Gasteiger partial charge in [0.25, 0.3) is 0 Å². The Labute approximate surface area is 274 Å². The maximum Gasteiger partial charge on any atom is 0.338 e. The molecule has 0 heterocycles. The van der Waals surface area contributed by atoms with E-state index in [0.29, 0.717) is 23.0 Å². The average molecular weight is 615 g/mol. The van der Waals surface area contributed by atoms with Crippen LogP contribution in [0.15, 0.2) is 109 Å². The van der Waals surface area contributed by atoms with E-state index in [2.05, 4.69) is 38.1 Å². The average Bonchev–Trinajstić information content (AvgIpc) is 3.11. The molecule has 0 spiro atoms. The first-order chi connectivity index (χ1) is 22.4. The Morgan fingerprint density at radius 1 is 0.478 bits per heavy atom. The number of hydrogen-bond donors (Lipinski definition) is 0. The van der Waals surface area contributed by atoms with E-state index in [4.69, 9.17) is 9.47 Å². The molecule has 0 bridgehead atoms. The van der Waals surface area contributed by atoms with Crippen molar-refractivity contribution in [2.45, 2.75) is 89.3 Å². The Morgan fingerprint density at radius 2 is 0.804 bits per heavy atom. The van der Waals surface area contributed by atoms with Gasteiger partial charge < -0.3 is 9.47 Å². The maximum absolute atomic E-state index is 13.7. The SMILES string of the molecule is CC1CCC(c2ccc(C(=O)O[C@H](c3ccccc3)[C@H](OC(=O)c3ccc(C4CCC(C)CC4)cc3)c3ccccc3)cc2)CC1. The van der Waals surface area contributed by atoms with Gasteiger partial charge >= 0.3 is 11.9 Å². The summed E-state index contributed by atoms with van der Waals surface area (Å²) in [4.78, 5) is 27.4. The minimum absolute atomic E-state index is 0.444. The molecule has 2 aliphatic carbocycles. The van der Waals surface area contributed by atoms with Gasteiger partial charge in [-0.2, -0.15) is 0 Å². The predicted molar refractivity (Wildman–Crippen MR) is 183 cm³/mol.